The van der Waals surface area contributed by atoms with Crippen molar-refractivity contribution in [3.8, 4) is 17.4 Å². The molecule has 3 aromatic rings. The van der Waals surface area contributed by atoms with E-state index in [2.05, 4.69) is 10.1 Å². The first kappa shape index (κ1) is 17.1. The Kier molecular flexibility index (Phi) is 4.66. The van der Waals surface area contributed by atoms with Crippen molar-refractivity contribution in [1.82, 2.24) is 14.6 Å². The van der Waals surface area contributed by atoms with Crippen LogP contribution in [-0.4, -0.2) is 60.2 Å². The van der Waals surface area contributed by atoms with Gasteiger partial charge in [0, 0.05) is 5.56 Å². The maximum atomic E-state index is 10.7. The molecule has 0 amide bonds. The molecule has 1 aliphatic heterocycles. The number of hydrogen-bond donors (Lipinski definition) is 2. The molecule has 8 nitrogen and oxygen atoms in total. The molecular formula is C17H21N4O4S+. The SMILES string of the molecule is COc1ccc([C@@H](c2sc3ncnn3c2O)[NH+]2CCOCC2)cc1OC. The second-order valence-corrected chi connectivity index (χ2v) is 7.07. The number of methoxy groups -OCH3 is 2. The minimum absolute atomic E-state index is 0.0628. The first-order valence-corrected chi connectivity index (χ1v) is 9.20. The Morgan fingerprint density at radius 3 is 2.69 bits per heavy atom. The number of aromatic nitrogens is 3. The number of benzene rings is 1. The third kappa shape index (κ3) is 2.87. The highest BCUT2D eigenvalue weighted by atomic mass is 32.1. The van der Waals surface area contributed by atoms with Gasteiger partial charge in [0.15, 0.2) is 17.5 Å². The van der Waals surface area contributed by atoms with Crippen LogP contribution in [0.5, 0.6) is 17.4 Å². The van der Waals surface area contributed by atoms with Crippen LogP contribution in [0.4, 0.5) is 0 Å². The van der Waals surface area contributed by atoms with Crippen LogP contribution < -0.4 is 14.4 Å². The Morgan fingerprint density at radius 1 is 1.23 bits per heavy atom. The Bertz CT molecular complexity index is 903. The van der Waals surface area contributed by atoms with Gasteiger partial charge in [-0.2, -0.15) is 9.61 Å². The summed E-state index contributed by atoms with van der Waals surface area (Å²) in [5.41, 5.74) is 1.04. The summed E-state index contributed by atoms with van der Waals surface area (Å²) in [4.78, 5) is 7.05. The molecule has 4 rings (SSSR count). The van der Waals surface area contributed by atoms with Crippen LogP contribution in [-0.2, 0) is 4.74 Å². The van der Waals surface area contributed by atoms with Crippen molar-refractivity contribution >= 4 is 16.3 Å². The number of nitrogens with zero attached hydrogens (tertiary/aromatic N) is 3. The summed E-state index contributed by atoms with van der Waals surface area (Å²) in [5.74, 6) is 1.49. The van der Waals surface area contributed by atoms with Gasteiger partial charge in [0.05, 0.1) is 27.4 Å². The quantitative estimate of drug-likeness (QED) is 0.675. The van der Waals surface area contributed by atoms with Crippen LogP contribution in [0.15, 0.2) is 24.5 Å². The van der Waals surface area contributed by atoms with E-state index in [0.29, 0.717) is 29.7 Å². The van der Waals surface area contributed by atoms with E-state index in [1.807, 2.05) is 18.2 Å². The lowest BCUT2D eigenvalue weighted by Gasteiger charge is -2.31. The van der Waals surface area contributed by atoms with E-state index in [9.17, 15) is 5.11 Å². The van der Waals surface area contributed by atoms with Gasteiger partial charge in [0.25, 0.3) is 0 Å². The summed E-state index contributed by atoms with van der Waals surface area (Å²) in [6.45, 7) is 3.10. The summed E-state index contributed by atoms with van der Waals surface area (Å²) in [6, 6.07) is 5.83. The molecule has 0 spiro atoms. The van der Waals surface area contributed by atoms with E-state index < -0.39 is 0 Å². The smallest absolute Gasteiger partial charge is 0.235 e. The molecular weight excluding hydrogens is 356 g/mol. The zero-order valence-electron chi connectivity index (χ0n) is 14.6. The molecule has 3 heterocycles. The molecule has 0 aliphatic carbocycles. The molecule has 1 saturated heterocycles. The second kappa shape index (κ2) is 7.10. The number of ether oxygens (including phenoxy) is 3. The maximum Gasteiger partial charge on any atom is 0.235 e. The third-order valence-corrected chi connectivity index (χ3v) is 5.78. The average Bonchev–Trinajstić information content (AvgIpc) is 3.26. The van der Waals surface area contributed by atoms with Crippen molar-refractivity contribution in [3.05, 3.63) is 35.0 Å². The van der Waals surface area contributed by atoms with Gasteiger partial charge in [-0.1, -0.05) is 11.3 Å². The van der Waals surface area contributed by atoms with Gasteiger partial charge in [0.2, 0.25) is 10.8 Å². The predicted molar refractivity (Wildman–Crippen MR) is 95.4 cm³/mol. The molecule has 1 aliphatic rings. The summed E-state index contributed by atoms with van der Waals surface area (Å²) in [6.07, 6.45) is 1.45. The minimum Gasteiger partial charge on any atom is -0.493 e. The Labute approximate surface area is 154 Å². The summed E-state index contributed by atoms with van der Waals surface area (Å²) < 4.78 is 17.8. The third-order valence-electron chi connectivity index (χ3n) is 4.69. The lowest BCUT2D eigenvalue weighted by molar-refractivity contribution is -0.932. The largest absolute Gasteiger partial charge is 0.493 e. The van der Waals surface area contributed by atoms with Gasteiger partial charge in [-0.3, -0.25) is 0 Å². The summed E-state index contributed by atoms with van der Waals surface area (Å²) in [5, 5.41) is 14.8. The van der Waals surface area contributed by atoms with E-state index >= 15 is 0 Å². The normalized spacial score (nSPS) is 16.7. The minimum atomic E-state index is -0.0628. The zero-order valence-corrected chi connectivity index (χ0v) is 15.5. The van der Waals surface area contributed by atoms with E-state index in [1.54, 1.807) is 14.2 Å². The molecule has 138 valence electrons. The molecule has 1 atom stereocenters. The number of fused-ring (bicyclic) bond motifs is 1. The van der Waals surface area contributed by atoms with Gasteiger partial charge in [-0.25, -0.2) is 4.98 Å². The highest BCUT2D eigenvalue weighted by Crippen LogP contribution is 2.37. The number of aromatic hydroxyl groups is 1. The number of rotatable bonds is 5. The Balaban J connectivity index is 1.83. The Hall–Kier alpha value is -2.36. The van der Waals surface area contributed by atoms with Gasteiger partial charge >= 0.3 is 0 Å². The van der Waals surface area contributed by atoms with E-state index in [-0.39, 0.29) is 11.9 Å². The van der Waals surface area contributed by atoms with E-state index in [1.165, 1.54) is 27.1 Å². The molecule has 9 heteroatoms. The van der Waals surface area contributed by atoms with Crippen molar-refractivity contribution in [1.29, 1.82) is 0 Å². The summed E-state index contributed by atoms with van der Waals surface area (Å²) in [7, 11) is 3.24. The highest BCUT2D eigenvalue weighted by molar-refractivity contribution is 7.17. The second-order valence-electron chi connectivity index (χ2n) is 6.06. The number of thiazole rings is 1. The highest BCUT2D eigenvalue weighted by Gasteiger charge is 2.34. The number of quaternary nitrogens is 1. The van der Waals surface area contributed by atoms with Crippen molar-refractivity contribution < 1.29 is 24.2 Å². The van der Waals surface area contributed by atoms with Crippen LogP contribution in [0.3, 0.4) is 0 Å². The van der Waals surface area contributed by atoms with Crippen LogP contribution in [0.25, 0.3) is 4.96 Å². The fourth-order valence-corrected chi connectivity index (χ4v) is 4.52. The van der Waals surface area contributed by atoms with Crippen LogP contribution in [0.1, 0.15) is 16.5 Å². The molecule has 0 bridgehead atoms. The zero-order chi connectivity index (χ0) is 18.1. The average molecular weight is 377 g/mol. The maximum absolute atomic E-state index is 10.7. The van der Waals surface area contributed by atoms with Crippen molar-refractivity contribution in [2.45, 2.75) is 6.04 Å². The first-order valence-electron chi connectivity index (χ1n) is 8.38. The van der Waals surface area contributed by atoms with E-state index in [4.69, 9.17) is 14.2 Å². The topological polar surface area (TPSA) is 82.6 Å². The monoisotopic (exact) mass is 377 g/mol. The lowest BCUT2D eigenvalue weighted by Crippen LogP contribution is -3.14. The molecule has 2 N–H and O–H groups in total. The number of hydrogen-bond acceptors (Lipinski definition) is 7. The molecule has 0 saturated carbocycles. The molecule has 1 fully saturated rings. The van der Waals surface area contributed by atoms with Crippen LogP contribution in [0.2, 0.25) is 0 Å². The summed E-state index contributed by atoms with van der Waals surface area (Å²) >= 11 is 1.46. The van der Waals surface area contributed by atoms with Crippen molar-refractivity contribution in [2.75, 3.05) is 40.5 Å². The molecule has 0 radical (unpaired) electrons. The van der Waals surface area contributed by atoms with Gasteiger partial charge in [-0.05, 0) is 18.2 Å². The molecule has 26 heavy (non-hydrogen) atoms. The standard InChI is InChI=1S/C17H20N4O4S/c1-23-12-4-3-11(9-13(12)24-2)14(20-5-7-25-8-6-20)15-16(22)21-17(26-15)18-10-19-21/h3-4,9-10,14,22H,5-8H2,1-2H3/p+1/t14-/m0/s1. The Morgan fingerprint density at radius 2 is 2.00 bits per heavy atom. The fourth-order valence-electron chi connectivity index (χ4n) is 3.41. The van der Waals surface area contributed by atoms with Crippen LogP contribution >= 0.6 is 11.3 Å². The van der Waals surface area contributed by atoms with Crippen molar-refractivity contribution in [3.63, 3.8) is 0 Å². The molecule has 1 aromatic carbocycles. The molecule has 0 unspecified atom stereocenters. The molecule has 2 aromatic heterocycles. The van der Waals surface area contributed by atoms with Crippen molar-refractivity contribution in [2.24, 2.45) is 0 Å². The predicted octanol–water partition coefficient (Wildman–Crippen LogP) is 0.518. The van der Waals surface area contributed by atoms with Gasteiger partial charge in [0.1, 0.15) is 24.3 Å². The van der Waals surface area contributed by atoms with E-state index in [0.717, 1.165) is 23.5 Å². The number of morpholine rings is 1. The van der Waals surface area contributed by atoms with Crippen LogP contribution in [0, 0.1) is 0 Å². The fraction of sp³-hybridized carbons (Fsp3) is 0.412. The number of nitrogens with one attached hydrogen (secondary N) is 1. The van der Waals surface area contributed by atoms with Gasteiger partial charge < -0.3 is 24.2 Å². The first-order chi connectivity index (χ1) is 12.7. The lowest BCUT2D eigenvalue weighted by atomic mass is 10.0. The van der Waals surface area contributed by atoms with Gasteiger partial charge in [-0.15, -0.1) is 0 Å².